The van der Waals surface area contributed by atoms with Gasteiger partial charge in [0.15, 0.2) is 3.66 Å². The minimum atomic E-state index is -3.98. The minimum Gasteiger partial charge on any atom is -0.284 e. The fourth-order valence-corrected chi connectivity index (χ4v) is 1.07. The van der Waals surface area contributed by atoms with Gasteiger partial charge in [0, 0.05) is 5.33 Å². The fourth-order valence-electron chi connectivity index (χ4n) is 0.0689. The Balaban J connectivity index is 4.56. The van der Waals surface area contributed by atoms with E-state index in [2.05, 4.69) is 31.9 Å². The summed E-state index contributed by atoms with van der Waals surface area (Å²) in [5.41, 5.74) is 0. The summed E-state index contributed by atoms with van der Waals surface area (Å²) in [6.07, 6.45) is 0. The first-order valence-corrected chi connectivity index (χ1v) is 5.38. The summed E-state index contributed by atoms with van der Waals surface area (Å²) >= 11 is 5.74. The molecule has 0 aliphatic carbocycles. The van der Waals surface area contributed by atoms with Crippen LogP contribution >= 0.6 is 31.9 Å². The number of hydrogen-bond donors (Lipinski definition) is 1. The highest BCUT2D eigenvalue weighted by molar-refractivity contribution is 9.13. The second kappa shape index (κ2) is 2.86. The number of halogens is 2. The molecule has 6 heteroatoms. The smallest absolute Gasteiger partial charge is 0.281 e. The summed E-state index contributed by atoms with van der Waals surface area (Å²) in [7, 11) is -3.98. The van der Waals surface area contributed by atoms with Crippen LogP contribution in [0.15, 0.2) is 0 Å². The molecular formula is C3H6Br2O3S. The van der Waals surface area contributed by atoms with E-state index in [-0.39, 0.29) is 5.33 Å². The third kappa shape index (κ3) is 2.53. The molecule has 0 saturated heterocycles. The maximum absolute atomic E-state index is 10.4. The summed E-state index contributed by atoms with van der Waals surface area (Å²) in [5, 5.41) is 0.152. The first kappa shape index (κ1) is 9.87. The zero-order valence-electron chi connectivity index (χ0n) is 4.63. The van der Waals surface area contributed by atoms with Crippen molar-refractivity contribution in [2.75, 3.05) is 5.33 Å². The lowest BCUT2D eigenvalue weighted by Crippen LogP contribution is -2.29. The first-order chi connectivity index (χ1) is 3.81. The lowest BCUT2D eigenvalue weighted by Gasteiger charge is -2.13. The van der Waals surface area contributed by atoms with Crippen molar-refractivity contribution in [1.82, 2.24) is 0 Å². The quantitative estimate of drug-likeness (QED) is 0.615. The molecule has 56 valence electrons. The van der Waals surface area contributed by atoms with Crippen LogP contribution in [0.5, 0.6) is 0 Å². The molecule has 0 bridgehead atoms. The maximum Gasteiger partial charge on any atom is 0.281 e. The lowest BCUT2D eigenvalue weighted by molar-refractivity contribution is 0.471. The van der Waals surface area contributed by atoms with Crippen LogP contribution < -0.4 is 0 Å². The summed E-state index contributed by atoms with van der Waals surface area (Å²) in [6, 6.07) is 0. The van der Waals surface area contributed by atoms with Crippen LogP contribution in [0.1, 0.15) is 6.92 Å². The molecule has 0 aromatic carbocycles. The zero-order chi connectivity index (χ0) is 7.71. The molecule has 9 heavy (non-hydrogen) atoms. The standard InChI is InChI=1S/C3H6Br2O3S/c1-3(5,2-4)9(6,7)8/h2H2,1H3,(H,6,7,8). The van der Waals surface area contributed by atoms with Gasteiger partial charge >= 0.3 is 0 Å². The summed E-state index contributed by atoms with van der Waals surface area (Å²) in [5.74, 6) is 0. The van der Waals surface area contributed by atoms with Gasteiger partial charge in [0.05, 0.1) is 0 Å². The van der Waals surface area contributed by atoms with Crippen molar-refractivity contribution in [2.24, 2.45) is 0 Å². The largest absolute Gasteiger partial charge is 0.284 e. The van der Waals surface area contributed by atoms with Gasteiger partial charge in [-0.25, -0.2) is 0 Å². The Bertz CT molecular complexity index is 183. The van der Waals surface area contributed by atoms with Crippen LogP contribution in [0, 0.1) is 0 Å². The van der Waals surface area contributed by atoms with Crippen molar-refractivity contribution in [1.29, 1.82) is 0 Å². The van der Waals surface area contributed by atoms with Crippen molar-refractivity contribution in [3.63, 3.8) is 0 Å². The van der Waals surface area contributed by atoms with Gasteiger partial charge in [0.1, 0.15) is 0 Å². The Kier molecular flexibility index (Phi) is 3.13. The van der Waals surface area contributed by atoms with E-state index in [1.807, 2.05) is 0 Å². The Labute approximate surface area is 70.8 Å². The van der Waals surface area contributed by atoms with E-state index in [1.165, 1.54) is 6.92 Å². The van der Waals surface area contributed by atoms with Crippen LogP contribution in [0.4, 0.5) is 0 Å². The second-order valence-corrected chi connectivity index (χ2v) is 6.40. The van der Waals surface area contributed by atoms with E-state index < -0.39 is 13.8 Å². The van der Waals surface area contributed by atoms with Gasteiger partial charge in [-0.1, -0.05) is 31.9 Å². The van der Waals surface area contributed by atoms with Gasteiger partial charge in [-0.15, -0.1) is 0 Å². The fraction of sp³-hybridized carbons (Fsp3) is 1.00. The predicted octanol–water partition coefficient (Wildman–Crippen LogP) is 1.38. The Morgan fingerprint density at radius 2 is 2.00 bits per heavy atom. The topological polar surface area (TPSA) is 54.4 Å². The molecule has 0 aromatic heterocycles. The maximum atomic E-state index is 10.4. The average Bonchev–Trinajstić information content (AvgIpc) is 1.64. The molecule has 3 nitrogen and oxygen atoms in total. The molecular weight excluding hydrogens is 276 g/mol. The van der Waals surface area contributed by atoms with E-state index in [1.54, 1.807) is 0 Å². The van der Waals surface area contributed by atoms with Crippen molar-refractivity contribution >= 4 is 42.0 Å². The molecule has 0 amide bonds. The van der Waals surface area contributed by atoms with Gasteiger partial charge in [-0.2, -0.15) is 8.42 Å². The van der Waals surface area contributed by atoms with E-state index in [0.717, 1.165) is 0 Å². The van der Waals surface area contributed by atoms with Crippen molar-refractivity contribution in [3.8, 4) is 0 Å². The molecule has 0 aromatic rings. The number of rotatable bonds is 2. The Hall–Kier alpha value is 0.870. The monoisotopic (exact) mass is 280 g/mol. The van der Waals surface area contributed by atoms with E-state index in [0.29, 0.717) is 0 Å². The van der Waals surface area contributed by atoms with Crippen LogP contribution in [-0.2, 0) is 10.1 Å². The highest BCUT2D eigenvalue weighted by Crippen LogP contribution is 2.25. The molecule has 1 N–H and O–H groups in total. The molecule has 0 aliphatic rings. The Morgan fingerprint density at radius 1 is 1.67 bits per heavy atom. The van der Waals surface area contributed by atoms with Crippen LogP contribution in [0.25, 0.3) is 0 Å². The van der Waals surface area contributed by atoms with Gasteiger partial charge in [0.25, 0.3) is 10.1 Å². The number of alkyl halides is 2. The van der Waals surface area contributed by atoms with Crippen LogP contribution in [0.3, 0.4) is 0 Å². The molecule has 0 spiro atoms. The predicted molar refractivity (Wildman–Crippen MR) is 42.7 cm³/mol. The van der Waals surface area contributed by atoms with E-state index >= 15 is 0 Å². The molecule has 0 radical (unpaired) electrons. The van der Waals surface area contributed by atoms with E-state index in [9.17, 15) is 8.42 Å². The highest BCUT2D eigenvalue weighted by atomic mass is 79.9. The van der Waals surface area contributed by atoms with Crippen molar-refractivity contribution in [2.45, 2.75) is 10.6 Å². The lowest BCUT2D eigenvalue weighted by atomic mass is 10.6. The van der Waals surface area contributed by atoms with Crippen LogP contribution in [0.2, 0.25) is 0 Å². The third-order valence-corrected chi connectivity index (χ3v) is 5.75. The summed E-state index contributed by atoms with van der Waals surface area (Å²) < 4.78 is 27.9. The minimum absolute atomic E-state index is 0.152. The third-order valence-electron chi connectivity index (χ3n) is 0.777. The Morgan fingerprint density at radius 3 is 2.00 bits per heavy atom. The van der Waals surface area contributed by atoms with Gasteiger partial charge in [-0.3, -0.25) is 4.55 Å². The molecule has 0 rings (SSSR count). The van der Waals surface area contributed by atoms with Crippen molar-refractivity contribution in [3.05, 3.63) is 0 Å². The van der Waals surface area contributed by atoms with E-state index in [4.69, 9.17) is 4.55 Å². The molecule has 1 unspecified atom stereocenters. The average molecular weight is 282 g/mol. The molecule has 0 heterocycles. The molecule has 1 atom stereocenters. The normalized spacial score (nSPS) is 19.1. The zero-order valence-corrected chi connectivity index (χ0v) is 8.62. The first-order valence-electron chi connectivity index (χ1n) is 2.03. The highest BCUT2D eigenvalue weighted by Gasteiger charge is 2.33. The summed E-state index contributed by atoms with van der Waals surface area (Å²) in [4.78, 5) is 0. The summed E-state index contributed by atoms with van der Waals surface area (Å²) in [6.45, 7) is 1.36. The van der Waals surface area contributed by atoms with Crippen molar-refractivity contribution < 1.29 is 13.0 Å². The van der Waals surface area contributed by atoms with Gasteiger partial charge in [0.2, 0.25) is 0 Å². The van der Waals surface area contributed by atoms with Crippen LogP contribution in [-0.4, -0.2) is 22.0 Å². The number of hydrogen-bond acceptors (Lipinski definition) is 2. The van der Waals surface area contributed by atoms with Gasteiger partial charge in [-0.05, 0) is 6.92 Å². The second-order valence-electron chi connectivity index (χ2n) is 1.71. The SMILES string of the molecule is CC(Br)(CBr)S(=O)(=O)O. The molecule has 0 fully saturated rings. The molecule has 0 saturated carbocycles. The van der Waals surface area contributed by atoms with Gasteiger partial charge < -0.3 is 0 Å². The molecule has 0 aliphatic heterocycles.